The zero-order valence-corrected chi connectivity index (χ0v) is 10.4. The van der Waals surface area contributed by atoms with Crippen molar-refractivity contribution in [2.24, 2.45) is 0 Å². The number of carboxylic acid groups (broad SMARTS) is 1. The van der Waals surface area contributed by atoms with Crippen LogP contribution < -0.4 is 5.32 Å². The Morgan fingerprint density at radius 2 is 2.11 bits per heavy atom. The van der Waals surface area contributed by atoms with Gasteiger partial charge in [0.2, 0.25) is 5.76 Å². The lowest BCUT2D eigenvalue weighted by molar-refractivity contribution is 0.0660. The molecule has 4 nitrogen and oxygen atoms in total. The van der Waals surface area contributed by atoms with Gasteiger partial charge < -0.3 is 14.8 Å². The van der Waals surface area contributed by atoms with E-state index in [0.717, 1.165) is 6.42 Å². The molecule has 1 aromatic carbocycles. The van der Waals surface area contributed by atoms with Gasteiger partial charge in [-0.15, -0.1) is 0 Å². The highest BCUT2D eigenvalue weighted by Crippen LogP contribution is 2.40. The first kappa shape index (κ1) is 12.0. The van der Waals surface area contributed by atoms with Crippen molar-refractivity contribution in [2.75, 3.05) is 0 Å². The molecule has 1 aliphatic rings. The van der Waals surface area contributed by atoms with E-state index < -0.39 is 5.97 Å². The average molecular weight is 257 g/mol. The van der Waals surface area contributed by atoms with Crippen molar-refractivity contribution in [3.8, 4) is 0 Å². The van der Waals surface area contributed by atoms with Gasteiger partial charge in [-0.3, -0.25) is 0 Å². The van der Waals surface area contributed by atoms with E-state index in [1.165, 1.54) is 11.8 Å². The summed E-state index contributed by atoms with van der Waals surface area (Å²) in [6.07, 6.45) is 2.52. The number of furan rings is 1. The van der Waals surface area contributed by atoms with E-state index in [4.69, 9.17) is 9.52 Å². The predicted molar refractivity (Wildman–Crippen MR) is 70.1 cm³/mol. The molecule has 0 bridgehead atoms. The van der Waals surface area contributed by atoms with E-state index in [9.17, 15) is 4.79 Å². The molecule has 1 aromatic heterocycles. The summed E-state index contributed by atoms with van der Waals surface area (Å²) in [5.74, 6) is -0.442. The SMILES string of the molecule is O=C(O)c1occc1CNC1CC1c1ccccc1. The van der Waals surface area contributed by atoms with Gasteiger partial charge in [-0.25, -0.2) is 4.79 Å². The maximum Gasteiger partial charge on any atom is 0.372 e. The van der Waals surface area contributed by atoms with E-state index in [1.54, 1.807) is 6.07 Å². The Labute approximate surface area is 111 Å². The second-order valence-corrected chi connectivity index (χ2v) is 4.82. The summed E-state index contributed by atoms with van der Waals surface area (Å²) in [6.45, 7) is 0.534. The third kappa shape index (κ3) is 2.53. The summed E-state index contributed by atoms with van der Waals surface area (Å²) in [6, 6.07) is 12.5. The minimum absolute atomic E-state index is 0.0319. The summed E-state index contributed by atoms with van der Waals surface area (Å²) >= 11 is 0. The lowest BCUT2D eigenvalue weighted by Crippen LogP contribution is -2.18. The molecule has 1 aliphatic carbocycles. The number of rotatable bonds is 5. The largest absolute Gasteiger partial charge is 0.475 e. The molecule has 19 heavy (non-hydrogen) atoms. The molecule has 0 saturated heterocycles. The summed E-state index contributed by atoms with van der Waals surface area (Å²) in [7, 11) is 0. The van der Waals surface area contributed by atoms with Crippen molar-refractivity contribution in [1.82, 2.24) is 5.32 Å². The number of nitrogens with one attached hydrogen (secondary N) is 1. The molecule has 4 heteroatoms. The molecule has 0 aliphatic heterocycles. The molecular weight excluding hydrogens is 242 g/mol. The van der Waals surface area contributed by atoms with Crippen LogP contribution in [0.2, 0.25) is 0 Å². The molecule has 2 N–H and O–H groups in total. The van der Waals surface area contributed by atoms with Gasteiger partial charge in [-0.1, -0.05) is 30.3 Å². The van der Waals surface area contributed by atoms with Crippen LogP contribution in [-0.4, -0.2) is 17.1 Å². The topological polar surface area (TPSA) is 62.5 Å². The normalized spacial score (nSPS) is 21.3. The average Bonchev–Trinajstić information content (AvgIpc) is 3.05. The summed E-state index contributed by atoms with van der Waals surface area (Å²) in [5.41, 5.74) is 2.04. The second-order valence-electron chi connectivity index (χ2n) is 4.82. The molecule has 98 valence electrons. The predicted octanol–water partition coefficient (Wildman–Crippen LogP) is 2.62. The first-order valence-corrected chi connectivity index (χ1v) is 6.33. The maximum atomic E-state index is 10.9. The fourth-order valence-corrected chi connectivity index (χ4v) is 2.39. The lowest BCUT2D eigenvalue weighted by atomic mass is 10.1. The van der Waals surface area contributed by atoms with Gasteiger partial charge in [-0.2, -0.15) is 0 Å². The highest BCUT2D eigenvalue weighted by Gasteiger charge is 2.37. The van der Waals surface area contributed by atoms with Crippen molar-refractivity contribution in [3.05, 3.63) is 59.5 Å². The Balaban J connectivity index is 1.57. The molecule has 2 aromatic rings. The fourth-order valence-electron chi connectivity index (χ4n) is 2.39. The second kappa shape index (κ2) is 4.90. The minimum atomic E-state index is -1.02. The van der Waals surface area contributed by atoms with Crippen molar-refractivity contribution in [2.45, 2.75) is 24.9 Å². The zero-order chi connectivity index (χ0) is 13.2. The maximum absolute atomic E-state index is 10.9. The molecule has 2 unspecified atom stereocenters. The molecule has 0 spiro atoms. The van der Waals surface area contributed by atoms with Gasteiger partial charge in [0.05, 0.1) is 6.26 Å². The quantitative estimate of drug-likeness (QED) is 0.864. The van der Waals surface area contributed by atoms with Crippen LogP contribution in [0.4, 0.5) is 0 Å². The summed E-state index contributed by atoms with van der Waals surface area (Å²) < 4.78 is 4.95. The van der Waals surface area contributed by atoms with Crippen LogP contribution >= 0.6 is 0 Å². The van der Waals surface area contributed by atoms with Crippen LogP contribution in [0, 0.1) is 0 Å². The van der Waals surface area contributed by atoms with Crippen LogP contribution in [0.3, 0.4) is 0 Å². The van der Waals surface area contributed by atoms with Crippen LogP contribution in [0.5, 0.6) is 0 Å². The third-order valence-corrected chi connectivity index (χ3v) is 3.51. The smallest absolute Gasteiger partial charge is 0.372 e. The van der Waals surface area contributed by atoms with Crippen LogP contribution in [-0.2, 0) is 6.54 Å². The Hall–Kier alpha value is -2.07. The molecule has 1 fully saturated rings. The summed E-state index contributed by atoms with van der Waals surface area (Å²) in [5, 5.41) is 12.3. The standard InChI is InChI=1S/C15H15NO3/c17-15(18)14-11(6-7-19-14)9-16-13-8-12(13)10-4-2-1-3-5-10/h1-7,12-13,16H,8-9H2,(H,17,18). The van der Waals surface area contributed by atoms with E-state index >= 15 is 0 Å². The van der Waals surface area contributed by atoms with E-state index in [0.29, 0.717) is 24.1 Å². The first-order chi connectivity index (χ1) is 9.25. The number of carbonyl (C=O) groups is 1. The number of aromatic carboxylic acids is 1. The zero-order valence-electron chi connectivity index (χ0n) is 10.4. The van der Waals surface area contributed by atoms with Crippen molar-refractivity contribution >= 4 is 5.97 Å². The van der Waals surface area contributed by atoms with Crippen LogP contribution in [0.15, 0.2) is 47.1 Å². The number of benzene rings is 1. The number of hydrogen-bond donors (Lipinski definition) is 2. The van der Waals surface area contributed by atoms with Gasteiger partial charge in [0.15, 0.2) is 0 Å². The van der Waals surface area contributed by atoms with E-state index in [-0.39, 0.29) is 5.76 Å². The first-order valence-electron chi connectivity index (χ1n) is 6.33. The van der Waals surface area contributed by atoms with Crippen molar-refractivity contribution in [3.63, 3.8) is 0 Å². The highest BCUT2D eigenvalue weighted by molar-refractivity contribution is 5.86. The van der Waals surface area contributed by atoms with Crippen LogP contribution in [0.1, 0.15) is 34.0 Å². The molecule has 0 radical (unpaired) electrons. The minimum Gasteiger partial charge on any atom is -0.475 e. The number of carboxylic acids is 1. The molecule has 1 saturated carbocycles. The monoisotopic (exact) mass is 257 g/mol. The Morgan fingerprint density at radius 3 is 2.84 bits per heavy atom. The molecule has 0 amide bonds. The van der Waals surface area contributed by atoms with Gasteiger partial charge in [0.25, 0.3) is 0 Å². The van der Waals surface area contributed by atoms with Crippen molar-refractivity contribution < 1.29 is 14.3 Å². The van der Waals surface area contributed by atoms with E-state index in [1.807, 2.05) is 18.2 Å². The number of hydrogen-bond acceptors (Lipinski definition) is 3. The molecular formula is C15H15NO3. The van der Waals surface area contributed by atoms with Crippen molar-refractivity contribution in [1.29, 1.82) is 0 Å². The lowest BCUT2D eigenvalue weighted by Gasteiger charge is -2.03. The summed E-state index contributed by atoms with van der Waals surface area (Å²) in [4.78, 5) is 10.9. The molecule has 1 heterocycles. The Kier molecular flexibility index (Phi) is 3.09. The molecule has 3 rings (SSSR count). The van der Waals surface area contributed by atoms with Gasteiger partial charge in [0.1, 0.15) is 0 Å². The third-order valence-electron chi connectivity index (χ3n) is 3.51. The Bertz CT molecular complexity index is 576. The van der Waals surface area contributed by atoms with Crippen LogP contribution in [0.25, 0.3) is 0 Å². The highest BCUT2D eigenvalue weighted by atomic mass is 16.4. The fraction of sp³-hybridized carbons (Fsp3) is 0.267. The van der Waals surface area contributed by atoms with Gasteiger partial charge in [0, 0.05) is 24.1 Å². The molecule has 2 atom stereocenters. The van der Waals surface area contributed by atoms with Gasteiger partial charge >= 0.3 is 5.97 Å². The Morgan fingerprint density at radius 1 is 1.32 bits per heavy atom. The van der Waals surface area contributed by atoms with Gasteiger partial charge in [-0.05, 0) is 18.1 Å². The van der Waals surface area contributed by atoms with E-state index in [2.05, 4.69) is 17.4 Å².